The lowest BCUT2D eigenvalue weighted by Crippen LogP contribution is -2.28. The predicted octanol–water partition coefficient (Wildman–Crippen LogP) is 3.64. The van der Waals surface area contributed by atoms with Crippen LogP contribution in [0, 0.1) is 5.92 Å². The first-order chi connectivity index (χ1) is 14.9. The summed E-state index contributed by atoms with van der Waals surface area (Å²) in [7, 11) is 1.52. The molecule has 1 atom stereocenters. The minimum atomic E-state index is -0.459. The second-order valence-electron chi connectivity index (χ2n) is 7.71. The average Bonchev–Trinajstić information content (AvgIpc) is 3.36. The number of carbonyl (C=O) groups excluding carboxylic acids is 3. The largest absolute Gasteiger partial charge is 0.495 e. The van der Waals surface area contributed by atoms with Crippen molar-refractivity contribution < 1.29 is 19.1 Å². The number of hydrogen-bond acceptors (Lipinski definition) is 4. The Labute approximate surface area is 185 Å². The molecular formula is C23H24ClN3O4. The molecule has 0 spiro atoms. The van der Waals surface area contributed by atoms with Crippen LogP contribution in [0.15, 0.2) is 36.4 Å². The van der Waals surface area contributed by atoms with Gasteiger partial charge in [-0.05, 0) is 48.4 Å². The standard InChI is InChI=1S/C23H24ClN3O4/c1-3-21(28)26-9-8-14-10-17(5-6-19(14)26)27-13-15(11-22(27)29)23(30)25-16-4-7-20(31-2)18(24)12-16/h4-7,10,12,15H,3,8-9,11,13H2,1-2H3,(H,25,30). The third-order valence-electron chi connectivity index (χ3n) is 5.79. The summed E-state index contributed by atoms with van der Waals surface area (Å²) in [5, 5.41) is 3.23. The number of methoxy groups -OCH3 is 1. The molecule has 0 aliphatic carbocycles. The summed E-state index contributed by atoms with van der Waals surface area (Å²) in [5.41, 5.74) is 3.28. The van der Waals surface area contributed by atoms with Gasteiger partial charge >= 0.3 is 0 Å². The Balaban J connectivity index is 1.45. The third-order valence-corrected chi connectivity index (χ3v) is 6.08. The zero-order chi connectivity index (χ0) is 22.1. The van der Waals surface area contributed by atoms with Crippen LogP contribution < -0.4 is 19.9 Å². The van der Waals surface area contributed by atoms with Crippen molar-refractivity contribution in [3.63, 3.8) is 0 Å². The highest BCUT2D eigenvalue weighted by Gasteiger charge is 2.36. The fourth-order valence-corrected chi connectivity index (χ4v) is 4.38. The Morgan fingerprint density at radius 2 is 2.03 bits per heavy atom. The van der Waals surface area contributed by atoms with Gasteiger partial charge in [0.2, 0.25) is 17.7 Å². The number of nitrogens with zero attached hydrogens (tertiary/aromatic N) is 2. The Morgan fingerprint density at radius 1 is 1.23 bits per heavy atom. The van der Waals surface area contributed by atoms with Crippen LogP contribution in [0.1, 0.15) is 25.3 Å². The van der Waals surface area contributed by atoms with Crippen molar-refractivity contribution in [2.24, 2.45) is 5.92 Å². The van der Waals surface area contributed by atoms with Crippen LogP contribution in [-0.4, -0.2) is 37.9 Å². The van der Waals surface area contributed by atoms with E-state index in [-0.39, 0.29) is 24.1 Å². The van der Waals surface area contributed by atoms with Crippen LogP contribution >= 0.6 is 11.6 Å². The van der Waals surface area contributed by atoms with Gasteiger partial charge in [-0.3, -0.25) is 14.4 Å². The number of halogens is 1. The van der Waals surface area contributed by atoms with Crippen molar-refractivity contribution in [3.05, 3.63) is 47.0 Å². The Bertz CT molecular complexity index is 1060. The number of ether oxygens (including phenoxy) is 1. The zero-order valence-corrected chi connectivity index (χ0v) is 18.2. The quantitative estimate of drug-likeness (QED) is 0.768. The summed E-state index contributed by atoms with van der Waals surface area (Å²) in [6, 6.07) is 10.7. The number of anilines is 3. The maximum Gasteiger partial charge on any atom is 0.229 e. The molecule has 0 aromatic heterocycles. The van der Waals surface area contributed by atoms with Crippen molar-refractivity contribution >= 4 is 46.4 Å². The molecule has 7 nitrogen and oxygen atoms in total. The van der Waals surface area contributed by atoms with Crippen molar-refractivity contribution in [3.8, 4) is 5.75 Å². The van der Waals surface area contributed by atoms with Crippen LogP contribution in [0.5, 0.6) is 5.75 Å². The molecule has 2 aromatic rings. The summed E-state index contributed by atoms with van der Waals surface area (Å²) in [6.45, 7) is 2.82. The van der Waals surface area contributed by atoms with E-state index in [0.717, 1.165) is 23.4 Å². The first-order valence-electron chi connectivity index (χ1n) is 10.3. The molecule has 1 fully saturated rings. The monoisotopic (exact) mass is 441 g/mol. The third kappa shape index (κ3) is 4.10. The molecule has 0 saturated carbocycles. The van der Waals surface area contributed by atoms with E-state index in [2.05, 4.69) is 5.32 Å². The van der Waals surface area contributed by atoms with Crippen molar-refractivity contribution in [2.45, 2.75) is 26.2 Å². The Hall–Kier alpha value is -3.06. The second kappa shape index (κ2) is 8.59. The van der Waals surface area contributed by atoms with E-state index in [9.17, 15) is 14.4 Å². The van der Waals surface area contributed by atoms with Crippen molar-refractivity contribution in [1.29, 1.82) is 0 Å². The number of fused-ring (bicyclic) bond motifs is 1. The molecule has 4 rings (SSSR count). The van der Waals surface area contributed by atoms with E-state index in [0.29, 0.717) is 36.0 Å². The molecule has 31 heavy (non-hydrogen) atoms. The van der Waals surface area contributed by atoms with Gasteiger partial charge in [-0.1, -0.05) is 18.5 Å². The minimum absolute atomic E-state index is 0.0904. The highest BCUT2D eigenvalue weighted by Crippen LogP contribution is 2.34. The summed E-state index contributed by atoms with van der Waals surface area (Å²) in [6.07, 6.45) is 1.37. The molecule has 1 saturated heterocycles. The van der Waals surface area contributed by atoms with Gasteiger partial charge in [0.05, 0.1) is 18.1 Å². The second-order valence-corrected chi connectivity index (χ2v) is 8.11. The van der Waals surface area contributed by atoms with Gasteiger partial charge < -0.3 is 19.9 Å². The predicted molar refractivity (Wildman–Crippen MR) is 120 cm³/mol. The fourth-order valence-electron chi connectivity index (χ4n) is 4.13. The van der Waals surface area contributed by atoms with Gasteiger partial charge in [0.15, 0.2) is 0 Å². The number of carbonyl (C=O) groups is 3. The molecule has 2 heterocycles. The fraction of sp³-hybridized carbons (Fsp3) is 0.348. The molecule has 1 N–H and O–H groups in total. The summed E-state index contributed by atoms with van der Waals surface area (Å²) in [4.78, 5) is 40.9. The zero-order valence-electron chi connectivity index (χ0n) is 17.5. The molecule has 2 aromatic carbocycles. The van der Waals surface area contributed by atoms with Crippen LogP contribution in [-0.2, 0) is 20.8 Å². The highest BCUT2D eigenvalue weighted by atomic mass is 35.5. The van der Waals surface area contributed by atoms with E-state index in [1.807, 2.05) is 25.1 Å². The topological polar surface area (TPSA) is 79.0 Å². The van der Waals surface area contributed by atoms with Gasteiger partial charge in [0, 0.05) is 43.0 Å². The molecule has 3 amide bonds. The minimum Gasteiger partial charge on any atom is -0.495 e. The van der Waals surface area contributed by atoms with E-state index in [1.54, 1.807) is 28.0 Å². The lowest BCUT2D eigenvalue weighted by atomic mass is 10.1. The smallest absolute Gasteiger partial charge is 0.229 e. The van der Waals surface area contributed by atoms with Gasteiger partial charge in [0.1, 0.15) is 5.75 Å². The molecule has 2 aliphatic heterocycles. The molecular weight excluding hydrogens is 418 g/mol. The number of benzene rings is 2. The molecule has 0 bridgehead atoms. The highest BCUT2D eigenvalue weighted by molar-refractivity contribution is 6.32. The number of amides is 3. The van der Waals surface area contributed by atoms with Crippen LogP contribution in [0.2, 0.25) is 5.02 Å². The lowest BCUT2D eigenvalue weighted by Gasteiger charge is -2.20. The van der Waals surface area contributed by atoms with Crippen molar-refractivity contribution in [1.82, 2.24) is 0 Å². The van der Waals surface area contributed by atoms with Gasteiger partial charge in [-0.2, -0.15) is 0 Å². The van der Waals surface area contributed by atoms with Gasteiger partial charge in [-0.15, -0.1) is 0 Å². The van der Waals surface area contributed by atoms with Crippen LogP contribution in [0.3, 0.4) is 0 Å². The van der Waals surface area contributed by atoms with E-state index < -0.39 is 5.92 Å². The van der Waals surface area contributed by atoms with E-state index >= 15 is 0 Å². The molecule has 0 radical (unpaired) electrons. The summed E-state index contributed by atoms with van der Waals surface area (Å²) >= 11 is 6.12. The average molecular weight is 442 g/mol. The summed E-state index contributed by atoms with van der Waals surface area (Å²) < 4.78 is 5.12. The molecule has 1 unspecified atom stereocenters. The lowest BCUT2D eigenvalue weighted by molar-refractivity contribution is -0.122. The SMILES string of the molecule is CCC(=O)N1CCc2cc(N3CC(C(=O)Nc4ccc(OC)c(Cl)c4)CC3=O)ccc21. The van der Waals surface area contributed by atoms with Crippen LogP contribution in [0.25, 0.3) is 0 Å². The molecule has 2 aliphatic rings. The molecule has 8 heteroatoms. The van der Waals surface area contributed by atoms with E-state index in [1.165, 1.54) is 7.11 Å². The van der Waals surface area contributed by atoms with E-state index in [4.69, 9.17) is 16.3 Å². The first kappa shape index (κ1) is 21.2. The maximum atomic E-state index is 12.7. The number of hydrogen-bond donors (Lipinski definition) is 1. The Kier molecular flexibility index (Phi) is 5.87. The van der Waals surface area contributed by atoms with Gasteiger partial charge in [0.25, 0.3) is 0 Å². The maximum absolute atomic E-state index is 12.7. The van der Waals surface area contributed by atoms with Crippen LogP contribution in [0.4, 0.5) is 17.1 Å². The van der Waals surface area contributed by atoms with Gasteiger partial charge in [-0.25, -0.2) is 0 Å². The summed E-state index contributed by atoms with van der Waals surface area (Å²) in [5.74, 6) is -0.151. The first-order valence-corrected chi connectivity index (χ1v) is 10.7. The molecule has 162 valence electrons. The number of rotatable bonds is 5. The number of nitrogens with one attached hydrogen (secondary N) is 1. The normalized spacial score (nSPS) is 17.6. The van der Waals surface area contributed by atoms with Crippen molar-refractivity contribution in [2.75, 3.05) is 35.3 Å². The Morgan fingerprint density at radius 3 is 2.74 bits per heavy atom.